The van der Waals surface area contributed by atoms with Gasteiger partial charge in [-0.05, 0) is 30.1 Å². The lowest BCUT2D eigenvalue weighted by molar-refractivity contribution is 0.109. The number of hydrogen-bond acceptors (Lipinski definition) is 4. The average Bonchev–Trinajstić information content (AvgIpc) is 2.12. The summed E-state index contributed by atoms with van der Waals surface area (Å²) in [5, 5.41) is 0. The zero-order chi connectivity index (χ0) is 12.2. The van der Waals surface area contributed by atoms with E-state index in [0.717, 1.165) is 19.3 Å². The summed E-state index contributed by atoms with van der Waals surface area (Å²) in [7, 11) is 0. The van der Waals surface area contributed by atoms with Crippen LogP contribution in [0.25, 0.3) is 0 Å². The topological polar surface area (TPSA) is 58.9 Å². The Kier molecular flexibility index (Phi) is 3.79. The fourth-order valence-electron chi connectivity index (χ4n) is 2.93. The molecule has 0 amide bonds. The van der Waals surface area contributed by atoms with Crippen LogP contribution in [0.4, 0.5) is 0 Å². The summed E-state index contributed by atoms with van der Waals surface area (Å²) in [5.74, 6) is 0. The van der Waals surface area contributed by atoms with Gasteiger partial charge in [0.05, 0.1) is 12.6 Å². The molecule has 1 aliphatic rings. The van der Waals surface area contributed by atoms with Crippen LogP contribution in [0.15, 0.2) is 9.98 Å². The number of nitrogens with zero attached hydrogens (tertiary/aromatic N) is 2. The molecule has 2 unspecified atom stereocenters. The van der Waals surface area contributed by atoms with E-state index in [4.69, 9.17) is 0 Å². The zero-order valence-electron chi connectivity index (χ0n) is 9.99. The fourth-order valence-corrected chi connectivity index (χ4v) is 2.93. The summed E-state index contributed by atoms with van der Waals surface area (Å²) in [6.45, 7) is 7.93. The Labute approximate surface area is 95.9 Å². The number of carbonyl (C=O) groups excluding carboxylic acids is 2. The van der Waals surface area contributed by atoms with Crippen molar-refractivity contribution in [3.63, 3.8) is 0 Å². The van der Waals surface area contributed by atoms with Gasteiger partial charge in [-0.25, -0.2) is 14.6 Å². The van der Waals surface area contributed by atoms with Crippen LogP contribution >= 0.6 is 0 Å². The molecule has 0 aromatic heterocycles. The van der Waals surface area contributed by atoms with Crippen molar-refractivity contribution >= 4 is 12.2 Å². The minimum atomic E-state index is -0.190. The van der Waals surface area contributed by atoms with Gasteiger partial charge in [-0.3, -0.25) is 0 Å². The minimum absolute atomic E-state index is 0.0237. The predicted octanol–water partition coefficient (Wildman–Crippen LogP) is 2.40. The number of isocyanates is 2. The van der Waals surface area contributed by atoms with Gasteiger partial charge in [0.15, 0.2) is 0 Å². The van der Waals surface area contributed by atoms with Crippen LogP contribution in [-0.4, -0.2) is 18.2 Å². The molecular weight excluding hydrogens is 204 g/mol. The second-order valence-corrected chi connectivity index (χ2v) is 5.63. The molecule has 0 spiro atoms. The van der Waals surface area contributed by atoms with Gasteiger partial charge in [-0.2, -0.15) is 4.99 Å². The maximum Gasteiger partial charge on any atom is 0.235 e. The summed E-state index contributed by atoms with van der Waals surface area (Å²) in [6.07, 6.45) is 5.68. The van der Waals surface area contributed by atoms with E-state index in [1.54, 1.807) is 12.6 Å². The Morgan fingerprint density at radius 2 is 1.88 bits per heavy atom. The van der Waals surface area contributed by atoms with Crippen LogP contribution in [0.5, 0.6) is 0 Å². The molecule has 1 fully saturated rings. The summed E-state index contributed by atoms with van der Waals surface area (Å²) in [5.41, 5.74) is -0.100. The predicted molar refractivity (Wildman–Crippen MR) is 60.1 cm³/mol. The van der Waals surface area contributed by atoms with Gasteiger partial charge >= 0.3 is 0 Å². The van der Waals surface area contributed by atoms with Gasteiger partial charge in [-0.15, -0.1) is 0 Å². The van der Waals surface area contributed by atoms with E-state index >= 15 is 0 Å². The first-order valence-electron chi connectivity index (χ1n) is 5.39. The molecule has 0 N–H and O–H groups in total. The van der Waals surface area contributed by atoms with Gasteiger partial charge in [-0.1, -0.05) is 20.8 Å². The second-order valence-electron chi connectivity index (χ2n) is 5.63. The highest BCUT2D eigenvalue weighted by atomic mass is 16.1. The van der Waals surface area contributed by atoms with E-state index in [9.17, 15) is 9.59 Å². The Morgan fingerprint density at radius 3 is 2.44 bits per heavy atom. The molecule has 0 bridgehead atoms. The number of hydrogen-bond donors (Lipinski definition) is 0. The Bertz CT molecular complexity index is 352. The first-order valence-corrected chi connectivity index (χ1v) is 5.39. The van der Waals surface area contributed by atoms with Crippen molar-refractivity contribution in [2.24, 2.45) is 20.8 Å². The third-order valence-electron chi connectivity index (χ3n) is 3.04. The molecule has 1 rings (SSSR count). The van der Waals surface area contributed by atoms with Crippen molar-refractivity contribution in [3.05, 3.63) is 6.54 Å². The van der Waals surface area contributed by atoms with Crippen LogP contribution in [0, 0.1) is 17.4 Å². The van der Waals surface area contributed by atoms with E-state index in [1.807, 2.05) is 6.92 Å². The molecule has 0 saturated heterocycles. The smallest absolute Gasteiger partial charge is 0.211 e. The largest absolute Gasteiger partial charge is 0.235 e. The maximum absolute atomic E-state index is 10.3. The van der Waals surface area contributed by atoms with Crippen molar-refractivity contribution in [1.82, 2.24) is 0 Å². The lowest BCUT2D eigenvalue weighted by Crippen LogP contribution is -2.37. The third kappa shape index (κ3) is 3.41. The van der Waals surface area contributed by atoms with Crippen LogP contribution in [0.3, 0.4) is 0 Å². The molecule has 0 aromatic carbocycles. The standard InChI is InChI=1S/C12H17N2O2/c1-11(2)4-10(14-9-16)5-12(3,6-11)7-13-8-15/h7,10H,4-6H2,1-3H3. The molecular formula is C12H17N2O2. The first-order chi connectivity index (χ1) is 7.41. The lowest BCUT2D eigenvalue weighted by Gasteiger charge is -2.43. The summed E-state index contributed by atoms with van der Waals surface area (Å²) in [6, 6.07) is -0.0237. The van der Waals surface area contributed by atoms with Gasteiger partial charge in [0.2, 0.25) is 12.2 Å². The van der Waals surface area contributed by atoms with Crippen molar-refractivity contribution in [2.75, 3.05) is 0 Å². The van der Waals surface area contributed by atoms with E-state index < -0.39 is 0 Å². The summed E-state index contributed by atoms with van der Waals surface area (Å²) < 4.78 is 0. The number of aliphatic imine (C=N–C) groups is 2. The van der Waals surface area contributed by atoms with Crippen LogP contribution in [-0.2, 0) is 9.59 Å². The first kappa shape index (κ1) is 12.8. The van der Waals surface area contributed by atoms with Gasteiger partial charge < -0.3 is 0 Å². The van der Waals surface area contributed by atoms with Crippen LogP contribution in [0.1, 0.15) is 40.0 Å². The summed E-state index contributed by atoms with van der Waals surface area (Å²) in [4.78, 5) is 27.8. The Balaban J connectivity index is 2.85. The molecule has 87 valence electrons. The highest BCUT2D eigenvalue weighted by molar-refractivity contribution is 5.35. The maximum atomic E-state index is 10.3. The highest BCUT2D eigenvalue weighted by Crippen LogP contribution is 2.48. The molecule has 4 heteroatoms. The van der Waals surface area contributed by atoms with Gasteiger partial charge in [0.1, 0.15) is 0 Å². The molecule has 0 aromatic rings. The monoisotopic (exact) mass is 221 g/mol. The quantitative estimate of drug-likeness (QED) is 0.542. The third-order valence-corrected chi connectivity index (χ3v) is 3.04. The molecule has 4 nitrogen and oxygen atoms in total. The number of rotatable bonds is 3. The molecule has 1 aliphatic carbocycles. The Hall–Kier alpha value is -1.24. The molecule has 1 radical (unpaired) electrons. The van der Waals surface area contributed by atoms with Crippen molar-refractivity contribution in [1.29, 1.82) is 0 Å². The molecule has 0 heterocycles. The normalized spacial score (nSPS) is 32.3. The van der Waals surface area contributed by atoms with Crippen molar-refractivity contribution in [2.45, 2.75) is 46.1 Å². The molecule has 2 atom stereocenters. The van der Waals surface area contributed by atoms with Crippen molar-refractivity contribution in [3.8, 4) is 0 Å². The van der Waals surface area contributed by atoms with Gasteiger partial charge in [0.25, 0.3) is 0 Å². The van der Waals surface area contributed by atoms with Crippen LogP contribution < -0.4 is 0 Å². The minimum Gasteiger partial charge on any atom is -0.211 e. The molecule has 1 saturated carbocycles. The average molecular weight is 221 g/mol. The van der Waals surface area contributed by atoms with E-state index in [2.05, 4.69) is 23.8 Å². The zero-order valence-corrected chi connectivity index (χ0v) is 9.99. The molecule has 16 heavy (non-hydrogen) atoms. The van der Waals surface area contributed by atoms with E-state index in [0.29, 0.717) is 0 Å². The van der Waals surface area contributed by atoms with E-state index in [1.165, 1.54) is 6.08 Å². The highest BCUT2D eigenvalue weighted by Gasteiger charge is 2.41. The lowest BCUT2D eigenvalue weighted by atomic mass is 9.63. The van der Waals surface area contributed by atoms with Crippen molar-refractivity contribution < 1.29 is 9.59 Å². The molecule has 0 aliphatic heterocycles. The fraction of sp³-hybridized carbons (Fsp3) is 0.750. The summed E-state index contributed by atoms with van der Waals surface area (Å²) >= 11 is 0. The van der Waals surface area contributed by atoms with E-state index in [-0.39, 0.29) is 16.9 Å². The Morgan fingerprint density at radius 1 is 1.19 bits per heavy atom. The second kappa shape index (κ2) is 4.73. The SMILES string of the molecule is CC1(C)CC(N=C=O)CC(C)([CH]N=C=O)C1. The van der Waals surface area contributed by atoms with Crippen LogP contribution in [0.2, 0.25) is 0 Å². The van der Waals surface area contributed by atoms with Gasteiger partial charge in [0, 0.05) is 0 Å².